The van der Waals surface area contributed by atoms with Gasteiger partial charge in [-0.25, -0.2) is 8.78 Å². The van der Waals surface area contributed by atoms with E-state index in [1.54, 1.807) is 6.07 Å². The molecule has 2 N–H and O–H groups in total. The van der Waals surface area contributed by atoms with Crippen LogP contribution in [0.4, 0.5) is 8.78 Å². The summed E-state index contributed by atoms with van der Waals surface area (Å²) in [6.07, 6.45) is 0. The van der Waals surface area contributed by atoms with E-state index in [9.17, 15) is 8.78 Å². The zero-order chi connectivity index (χ0) is 14.0. The fourth-order valence-corrected chi connectivity index (χ4v) is 4.10. The monoisotopic (exact) mass is 319 g/mol. The predicted molar refractivity (Wildman–Crippen MR) is 77.9 cm³/mol. The fraction of sp³-hybridized carbons (Fsp3) is 0.231. The van der Waals surface area contributed by atoms with E-state index in [0.717, 1.165) is 17.0 Å². The van der Waals surface area contributed by atoms with Gasteiger partial charge in [0.05, 0.1) is 9.59 Å². The van der Waals surface area contributed by atoms with Crippen molar-refractivity contribution in [3.8, 4) is 0 Å². The van der Waals surface area contributed by atoms with E-state index in [-0.39, 0.29) is 16.2 Å². The summed E-state index contributed by atoms with van der Waals surface area (Å²) in [6, 6.07) is 6.84. The number of benzene rings is 1. The molecule has 102 valence electrons. The first-order chi connectivity index (χ1) is 8.97. The molecule has 0 saturated heterocycles. The molecular weight excluding hydrogens is 308 g/mol. The van der Waals surface area contributed by atoms with Crippen LogP contribution in [0, 0.1) is 11.6 Å². The molecule has 6 heteroatoms. The molecular formula is C13H12ClF2NS2. The highest BCUT2D eigenvalue weighted by molar-refractivity contribution is 7.99. The lowest BCUT2D eigenvalue weighted by Crippen LogP contribution is -2.22. The van der Waals surface area contributed by atoms with Crippen molar-refractivity contribution in [2.75, 3.05) is 0 Å². The molecule has 0 amide bonds. The number of rotatable bonds is 4. The lowest BCUT2D eigenvalue weighted by atomic mass is 10.2. The van der Waals surface area contributed by atoms with Gasteiger partial charge in [0.2, 0.25) is 0 Å². The Morgan fingerprint density at radius 2 is 2.00 bits per heavy atom. The van der Waals surface area contributed by atoms with E-state index in [1.807, 2.05) is 13.0 Å². The van der Waals surface area contributed by atoms with E-state index in [1.165, 1.54) is 29.2 Å². The third-order valence-electron chi connectivity index (χ3n) is 2.50. The Labute approximate surface area is 123 Å². The summed E-state index contributed by atoms with van der Waals surface area (Å²) in [6.45, 7) is 1.84. The minimum atomic E-state index is -0.462. The van der Waals surface area contributed by atoms with Crippen LogP contribution in [0.5, 0.6) is 0 Å². The van der Waals surface area contributed by atoms with Crippen molar-refractivity contribution < 1.29 is 8.78 Å². The molecule has 0 aliphatic carbocycles. The van der Waals surface area contributed by atoms with Gasteiger partial charge in [0, 0.05) is 15.8 Å². The van der Waals surface area contributed by atoms with Crippen LogP contribution in [-0.2, 0) is 0 Å². The van der Waals surface area contributed by atoms with Crippen LogP contribution < -0.4 is 5.73 Å². The Bertz CT molecular complexity index is 572. The minimum absolute atomic E-state index is 0.159. The maximum atomic E-state index is 13.7. The summed E-state index contributed by atoms with van der Waals surface area (Å²) >= 11 is 8.52. The number of halogens is 3. The third kappa shape index (κ3) is 3.69. The number of hydrogen-bond donors (Lipinski definition) is 1. The van der Waals surface area contributed by atoms with Gasteiger partial charge >= 0.3 is 0 Å². The van der Waals surface area contributed by atoms with Crippen molar-refractivity contribution >= 4 is 34.7 Å². The standard InChI is InChI=1S/C13H12ClF2NS2/c1-7(17)13(10-4-5-12(14)18-10)19-11-6-8(15)2-3-9(11)16/h2-7,13H,17H2,1H3. The molecule has 2 atom stereocenters. The van der Waals surface area contributed by atoms with Crippen molar-refractivity contribution in [3.63, 3.8) is 0 Å². The van der Waals surface area contributed by atoms with Gasteiger partial charge in [0.1, 0.15) is 11.6 Å². The molecule has 2 aromatic rings. The maximum Gasteiger partial charge on any atom is 0.136 e. The zero-order valence-electron chi connectivity index (χ0n) is 10.1. The quantitative estimate of drug-likeness (QED) is 0.814. The van der Waals surface area contributed by atoms with Gasteiger partial charge in [0.15, 0.2) is 0 Å². The second-order valence-corrected chi connectivity index (χ2v) is 7.04. The highest BCUT2D eigenvalue weighted by atomic mass is 35.5. The van der Waals surface area contributed by atoms with Crippen LogP contribution in [0.25, 0.3) is 0 Å². The molecule has 0 saturated carbocycles. The number of thiophene rings is 1. The summed E-state index contributed by atoms with van der Waals surface area (Å²) < 4.78 is 27.5. The molecule has 1 heterocycles. The topological polar surface area (TPSA) is 26.0 Å². The normalized spacial score (nSPS) is 14.4. The summed E-state index contributed by atoms with van der Waals surface area (Å²) in [5.41, 5.74) is 5.94. The van der Waals surface area contributed by atoms with E-state index in [2.05, 4.69) is 0 Å². The van der Waals surface area contributed by atoms with Crippen molar-refractivity contribution in [3.05, 3.63) is 51.2 Å². The van der Waals surface area contributed by atoms with Crippen molar-refractivity contribution in [1.29, 1.82) is 0 Å². The first kappa shape index (κ1) is 14.8. The third-order valence-corrected chi connectivity index (χ3v) is 5.47. The smallest absolute Gasteiger partial charge is 0.136 e. The highest BCUT2D eigenvalue weighted by Crippen LogP contribution is 2.42. The number of thioether (sulfide) groups is 1. The Balaban J connectivity index is 2.29. The summed E-state index contributed by atoms with van der Waals surface area (Å²) in [5.74, 6) is -0.906. The van der Waals surface area contributed by atoms with E-state index < -0.39 is 11.6 Å². The van der Waals surface area contributed by atoms with E-state index >= 15 is 0 Å². The van der Waals surface area contributed by atoms with Crippen LogP contribution in [-0.4, -0.2) is 6.04 Å². The molecule has 0 spiro atoms. The Hall–Kier alpha value is -0.620. The molecule has 19 heavy (non-hydrogen) atoms. The maximum absolute atomic E-state index is 13.7. The van der Waals surface area contributed by atoms with Crippen LogP contribution >= 0.6 is 34.7 Å². The molecule has 2 rings (SSSR count). The van der Waals surface area contributed by atoms with Crippen molar-refractivity contribution in [1.82, 2.24) is 0 Å². The SMILES string of the molecule is CC(N)C(Sc1cc(F)ccc1F)c1ccc(Cl)s1. The van der Waals surface area contributed by atoms with Gasteiger partial charge < -0.3 is 5.73 Å². The zero-order valence-corrected chi connectivity index (χ0v) is 12.5. The van der Waals surface area contributed by atoms with Crippen molar-refractivity contribution in [2.45, 2.75) is 23.1 Å². The average Bonchev–Trinajstić information content (AvgIpc) is 2.76. The average molecular weight is 320 g/mol. The van der Waals surface area contributed by atoms with Crippen LogP contribution in [0.2, 0.25) is 4.34 Å². The molecule has 1 nitrogen and oxygen atoms in total. The molecule has 0 fully saturated rings. The fourth-order valence-electron chi connectivity index (χ4n) is 1.61. The molecule has 0 radical (unpaired) electrons. The number of nitrogens with two attached hydrogens (primary N) is 1. The van der Waals surface area contributed by atoms with Gasteiger partial charge in [-0.15, -0.1) is 23.1 Å². The van der Waals surface area contributed by atoms with E-state index in [0.29, 0.717) is 4.34 Å². The summed E-state index contributed by atoms with van der Waals surface area (Å²) in [5, 5.41) is -0.159. The second-order valence-electron chi connectivity index (χ2n) is 4.11. The summed E-state index contributed by atoms with van der Waals surface area (Å²) in [7, 11) is 0. The molecule has 1 aromatic heterocycles. The predicted octanol–water partition coefficient (Wildman–Crippen LogP) is 4.86. The van der Waals surface area contributed by atoms with Gasteiger partial charge in [-0.2, -0.15) is 0 Å². The highest BCUT2D eigenvalue weighted by Gasteiger charge is 2.21. The van der Waals surface area contributed by atoms with Crippen LogP contribution in [0.1, 0.15) is 17.1 Å². The Kier molecular flexibility index (Phi) is 4.84. The van der Waals surface area contributed by atoms with Crippen LogP contribution in [0.3, 0.4) is 0 Å². The van der Waals surface area contributed by atoms with Gasteiger partial charge in [-0.1, -0.05) is 11.6 Å². The Morgan fingerprint density at radius 3 is 2.58 bits per heavy atom. The second kappa shape index (κ2) is 6.22. The molecule has 0 aliphatic heterocycles. The lowest BCUT2D eigenvalue weighted by molar-refractivity contribution is 0.576. The first-order valence-electron chi connectivity index (χ1n) is 5.60. The number of hydrogen-bond acceptors (Lipinski definition) is 3. The molecule has 1 aromatic carbocycles. The Morgan fingerprint density at radius 1 is 1.26 bits per heavy atom. The van der Waals surface area contributed by atoms with Gasteiger partial charge in [-0.05, 0) is 37.3 Å². The molecule has 0 bridgehead atoms. The largest absolute Gasteiger partial charge is 0.327 e. The van der Waals surface area contributed by atoms with Gasteiger partial charge in [-0.3, -0.25) is 0 Å². The van der Waals surface area contributed by atoms with Gasteiger partial charge in [0.25, 0.3) is 0 Å². The molecule has 0 aliphatic rings. The lowest BCUT2D eigenvalue weighted by Gasteiger charge is -2.19. The van der Waals surface area contributed by atoms with Crippen molar-refractivity contribution in [2.24, 2.45) is 5.73 Å². The first-order valence-corrected chi connectivity index (χ1v) is 7.67. The summed E-state index contributed by atoms with van der Waals surface area (Å²) in [4.78, 5) is 1.21. The van der Waals surface area contributed by atoms with E-state index in [4.69, 9.17) is 17.3 Å². The van der Waals surface area contributed by atoms with Crippen LogP contribution in [0.15, 0.2) is 35.2 Å². The molecule has 2 unspecified atom stereocenters. The minimum Gasteiger partial charge on any atom is -0.327 e.